The zero-order chi connectivity index (χ0) is 36.0. The number of carbonyl (C=O) groups excluding carboxylic acids is 1. The second kappa shape index (κ2) is 19.4. The highest BCUT2D eigenvalue weighted by Crippen LogP contribution is 2.44. The van der Waals surface area contributed by atoms with E-state index in [1.165, 1.54) is 25.7 Å². The van der Waals surface area contributed by atoms with Crippen molar-refractivity contribution in [1.82, 2.24) is 19.7 Å². The van der Waals surface area contributed by atoms with Crippen LogP contribution in [0.15, 0.2) is 53.8 Å². The molecule has 1 aliphatic carbocycles. The number of hydrogen-bond acceptors (Lipinski definition) is 5. The Labute approximate surface area is 297 Å². The van der Waals surface area contributed by atoms with Crippen LogP contribution in [0, 0.1) is 12.8 Å². The SMILES string of the molecule is C/C=C(\C=NC)c1cccc(-c2nc(NCC(CCC)CCC)c(-c3cnn(C4CCC5(CCC(=O)N5C)CC4)c3)cc2C)c1.CC.CC. The van der Waals surface area contributed by atoms with Crippen molar-refractivity contribution in [1.29, 1.82) is 0 Å². The highest BCUT2D eigenvalue weighted by atomic mass is 16.2. The van der Waals surface area contributed by atoms with Crippen LogP contribution in [0.5, 0.6) is 0 Å². The summed E-state index contributed by atoms with van der Waals surface area (Å²) >= 11 is 0. The number of aromatic nitrogens is 3. The molecule has 7 heteroatoms. The van der Waals surface area contributed by atoms with E-state index >= 15 is 0 Å². The maximum Gasteiger partial charge on any atom is 0.222 e. The van der Waals surface area contributed by atoms with Crippen molar-refractivity contribution in [3.8, 4) is 22.4 Å². The van der Waals surface area contributed by atoms with E-state index in [4.69, 9.17) is 10.1 Å². The number of benzene rings is 1. The smallest absolute Gasteiger partial charge is 0.222 e. The topological polar surface area (TPSA) is 75.4 Å². The van der Waals surface area contributed by atoms with Crippen molar-refractivity contribution in [2.75, 3.05) is 26.0 Å². The Bertz CT molecular complexity index is 1520. The Morgan fingerprint density at radius 3 is 2.35 bits per heavy atom. The molecule has 1 saturated heterocycles. The van der Waals surface area contributed by atoms with E-state index in [1.54, 1.807) is 0 Å². The summed E-state index contributed by atoms with van der Waals surface area (Å²) in [4.78, 5) is 23.9. The van der Waals surface area contributed by atoms with Gasteiger partial charge in [0.1, 0.15) is 5.82 Å². The van der Waals surface area contributed by atoms with Gasteiger partial charge in [0.15, 0.2) is 0 Å². The van der Waals surface area contributed by atoms with Crippen LogP contribution in [0.2, 0.25) is 0 Å². The second-order valence-electron chi connectivity index (χ2n) is 13.2. The van der Waals surface area contributed by atoms with Crippen LogP contribution >= 0.6 is 0 Å². The Kier molecular flexibility index (Phi) is 15.8. The number of hydrogen-bond donors (Lipinski definition) is 1. The van der Waals surface area contributed by atoms with Crippen molar-refractivity contribution in [3.05, 3.63) is 59.9 Å². The molecular formula is C42H64N6O. The molecular weight excluding hydrogens is 605 g/mol. The minimum Gasteiger partial charge on any atom is -0.369 e. The number of likely N-dealkylation sites (tertiary alicyclic amines) is 1. The number of aryl methyl sites for hydroxylation is 1. The zero-order valence-electron chi connectivity index (χ0n) is 32.3. The summed E-state index contributed by atoms with van der Waals surface area (Å²) in [6, 6.07) is 11.2. The molecule has 2 aromatic heterocycles. The Hall–Kier alpha value is -3.74. The normalized spacial score (nSPS) is 19.2. The summed E-state index contributed by atoms with van der Waals surface area (Å²) in [5.41, 5.74) is 7.72. The lowest BCUT2D eigenvalue weighted by atomic mass is 9.78. The molecule has 0 unspecified atom stereocenters. The fourth-order valence-electron chi connectivity index (χ4n) is 7.57. The number of anilines is 1. The molecule has 1 spiro atoms. The Morgan fingerprint density at radius 2 is 1.76 bits per heavy atom. The molecule has 49 heavy (non-hydrogen) atoms. The predicted octanol–water partition coefficient (Wildman–Crippen LogP) is 10.8. The lowest BCUT2D eigenvalue weighted by Crippen LogP contribution is -2.46. The summed E-state index contributed by atoms with van der Waals surface area (Å²) < 4.78 is 2.17. The molecule has 1 aliphatic heterocycles. The maximum atomic E-state index is 12.3. The van der Waals surface area contributed by atoms with Gasteiger partial charge in [-0.3, -0.25) is 14.5 Å². The van der Waals surface area contributed by atoms with Crippen LogP contribution in [0.25, 0.3) is 28.0 Å². The zero-order valence-corrected chi connectivity index (χ0v) is 32.3. The monoisotopic (exact) mass is 669 g/mol. The minimum atomic E-state index is 0.0549. The average Bonchev–Trinajstić information content (AvgIpc) is 3.73. The number of rotatable bonds is 12. The number of nitrogens with zero attached hydrogens (tertiary/aromatic N) is 5. The van der Waals surface area contributed by atoms with Crippen LogP contribution < -0.4 is 5.32 Å². The number of carbonyl (C=O) groups is 1. The molecule has 1 saturated carbocycles. The van der Waals surface area contributed by atoms with E-state index in [9.17, 15) is 4.79 Å². The van der Waals surface area contributed by atoms with Crippen LogP contribution in [-0.2, 0) is 4.79 Å². The Balaban J connectivity index is 0.00000157. The minimum absolute atomic E-state index is 0.0549. The lowest BCUT2D eigenvalue weighted by Gasteiger charge is -2.42. The van der Waals surface area contributed by atoms with Gasteiger partial charge in [0.25, 0.3) is 0 Å². The maximum absolute atomic E-state index is 12.3. The van der Waals surface area contributed by atoms with Crippen LogP contribution in [0.4, 0.5) is 5.82 Å². The van der Waals surface area contributed by atoms with Gasteiger partial charge < -0.3 is 10.2 Å². The third kappa shape index (κ3) is 9.49. The fraction of sp³-hybridized carbons (Fsp3) is 0.571. The number of nitrogens with one attached hydrogen (secondary N) is 1. The second-order valence-corrected chi connectivity index (χ2v) is 13.2. The van der Waals surface area contributed by atoms with E-state index in [0.717, 1.165) is 83.6 Å². The van der Waals surface area contributed by atoms with E-state index in [-0.39, 0.29) is 5.54 Å². The summed E-state index contributed by atoms with van der Waals surface area (Å²) in [6.07, 6.45) is 18.9. The first kappa shape index (κ1) is 39.7. The number of pyridine rings is 1. The number of amides is 1. The first-order valence-corrected chi connectivity index (χ1v) is 19.1. The summed E-state index contributed by atoms with van der Waals surface area (Å²) in [7, 11) is 3.80. The summed E-state index contributed by atoms with van der Waals surface area (Å²) in [5, 5.41) is 8.69. The lowest BCUT2D eigenvalue weighted by molar-refractivity contribution is -0.130. The standard InChI is InChI=1S/C38H52N6O.2C2H6/c1-7-11-28(12-8-2)23-40-37-34(21-27(4)36(42-37)31-14-10-13-30(22-31)29(9-3)24-39-5)32-25-41-44(26-32)33-15-18-38(19-16-33)20-17-35(45)43(38)6;2*1-2/h9-10,13-14,21-22,24-26,28,33H,7-8,11-12,15-20,23H2,1-6H3,(H,40,42);2*1-2H3/b29-9+,39-24?;;. The van der Waals surface area contributed by atoms with Crippen molar-refractivity contribution < 1.29 is 4.79 Å². The third-order valence-corrected chi connectivity index (χ3v) is 10.3. The van der Waals surface area contributed by atoms with E-state index in [1.807, 2.05) is 66.0 Å². The highest BCUT2D eigenvalue weighted by molar-refractivity contribution is 6.10. The largest absolute Gasteiger partial charge is 0.369 e. The first-order chi connectivity index (χ1) is 23.8. The van der Waals surface area contributed by atoms with Crippen molar-refractivity contribution in [3.63, 3.8) is 0 Å². The van der Waals surface area contributed by atoms with Gasteiger partial charge in [-0.2, -0.15) is 5.10 Å². The van der Waals surface area contributed by atoms with E-state index < -0.39 is 0 Å². The molecule has 5 rings (SSSR count). The fourth-order valence-corrected chi connectivity index (χ4v) is 7.57. The van der Waals surface area contributed by atoms with Gasteiger partial charge in [0.05, 0.1) is 17.9 Å². The van der Waals surface area contributed by atoms with Crippen molar-refractivity contribution in [2.24, 2.45) is 10.9 Å². The average molecular weight is 669 g/mol. The van der Waals surface area contributed by atoms with Gasteiger partial charge >= 0.3 is 0 Å². The van der Waals surface area contributed by atoms with Gasteiger partial charge in [-0.25, -0.2) is 4.98 Å². The van der Waals surface area contributed by atoms with Crippen molar-refractivity contribution in [2.45, 2.75) is 131 Å². The van der Waals surface area contributed by atoms with E-state index in [2.05, 4.69) is 78.4 Å². The molecule has 0 bridgehead atoms. The quantitative estimate of drug-likeness (QED) is 0.195. The molecule has 0 atom stereocenters. The first-order valence-electron chi connectivity index (χ1n) is 19.1. The van der Waals surface area contributed by atoms with Crippen LogP contribution in [0.1, 0.15) is 130 Å². The molecule has 7 nitrogen and oxygen atoms in total. The predicted molar refractivity (Wildman–Crippen MR) is 210 cm³/mol. The molecule has 3 heterocycles. The molecule has 1 N–H and O–H groups in total. The molecule has 3 aromatic rings. The molecule has 0 radical (unpaired) electrons. The van der Waals surface area contributed by atoms with Crippen LogP contribution in [-0.4, -0.2) is 58.0 Å². The molecule has 1 aromatic carbocycles. The summed E-state index contributed by atoms with van der Waals surface area (Å²) in [6.45, 7) is 17.7. The molecule has 2 fully saturated rings. The van der Waals surface area contributed by atoms with Gasteiger partial charge in [0, 0.05) is 61.7 Å². The highest BCUT2D eigenvalue weighted by Gasteiger charge is 2.45. The Morgan fingerprint density at radius 1 is 1.06 bits per heavy atom. The van der Waals surface area contributed by atoms with Crippen LogP contribution in [0.3, 0.4) is 0 Å². The van der Waals surface area contributed by atoms with Gasteiger partial charge in [-0.1, -0.05) is 78.7 Å². The van der Waals surface area contributed by atoms with Crippen molar-refractivity contribution >= 4 is 23.5 Å². The van der Waals surface area contributed by atoms with Gasteiger partial charge in [0.2, 0.25) is 5.91 Å². The molecule has 2 aliphatic rings. The third-order valence-electron chi connectivity index (χ3n) is 10.3. The number of aliphatic imine (C=N–C) groups is 1. The summed E-state index contributed by atoms with van der Waals surface area (Å²) in [5.74, 6) is 1.84. The van der Waals surface area contributed by atoms with Gasteiger partial charge in [-0.15, -0.1) is 0 Å². The van der Waals surface area contributed by atoms with E-state index in [0.29, 0.717) is 24.3 Å². The van der Waals surface area contributed by atoms with Gasteiger partial charge in [-0.05, 0) is 93.5 Å². The number of allylic oxidation sites excluding steroid dienone is 2. The molecule has 268 valence electrons. The molecule has 1 amide bonds.